The maximum Gasteiger partial charge on any atom is 0.161 e. The van der Waals surface area contributed by atoms with Gasteiger partial charge in [-0.05, 0) is 17.7 Å². The standard InChI is InChI=1S/C19H26O4Si/c1-6-16-17(18(20)19(16,21)11-12-24(3,4)5)23-13-14-7-9-15(22-2)10-8-14/h6-10,16-18,20-21H,1,13H2,2-5H3/t16-,17-,18-,19+/m1/s1. The van der Waals surface area contributed by atoms with Crippen molar-refractivity contribution in [1.29, 1.82) is 0 Å². The van der Waals surface area contributed by atoms with Gasteiger partial charge in [0.05, 0.1) is 19.8 Å². The van der Waals surface area contributed by atoms with E-state index in [9.17, 15) is 10.2 Å². The van der Waals surface area contributed by atoms with Crippen LogP contribution in [-0.4, -0.2) is 43.2 Å². The molecule has 130 valence electrons. The van der Waals surface area contributed by atoms with Crippen LogP contribution in [-0.2, 0) is 11.3 Å². The van der Waals surface area contributed by atoms with E-state index in [0.29, 0.717) is 6.61 Å². The molecule has 4 atom stereocenters. The topological polar surface area (TPSA) is 58.9 Å². The predicted octanol–water partition coefficient (Wildman–Crippen LogP) is 2.37. The van der Waals surface area contributed by atoms with E-state index in [4.69, 9.17) is 9.47 Å². The summed E-state index contributed by atoms with van der Waals surface area (Å²) in [7, 11) is -0.0245. The van der Waals surface area contributed by atoms with Gasteiger partial charge in [0.2, 0.25) is 0 Å². The van der Waals surface area contributed by atoms with Gasteiger partial charge in [-0.3, -0.25) is 0 Å². The summed E-state index contributed by atoms with van der Waals surface area (Å²) in [5, 5.41) is 21.0. The molecule has 0 aliphatic heterocycles. The Hall–Kier alpha value is -1.58. The molecule has 0 saturated heterocycles. The van der Waals surface area contributed by atoms with Gasteiger partial charge in [-0.15, -0.1) is 12.1 Å². The number of hydrogen-bond acceptors (Lipinski definition) is 4. The summed E-state index contributed by atoms with van der Waals surface area (Å²) >= 11 is 0. The minimum absolute atomic E-state index is 0.341. The highest BCUT2D eigenvalue weighted by Crippen LogP contribution is 2.42. The average Bonchev–Trinajstić information content (AvgIpc) is 2.55. The lowest BCUT2D eigenvalue weighted by Crippen LogP contribution is -2.69. The summed E-state index contributed by atoms with van der Waals surface area (Å²) in [6.07, 6.45) is 0.0674. The second-order valence-corrected chi connectivity index (χ2v) is 11.9. The van der Waals surface area contributed by atoms with Crippen molar-refractivity contribution >= 4 is 8.07 Å². The number of ether oxygens (including phenoxy) is 2. The monoisotopic (exact) mass is 346 g/mol. The van der Waals surface area contributed by atoms with Gasteiger partial charge in [-0.25, -0.2) is 0 Å². The van der Waals surface area contributed by atoms with Gasteiger partial charge in [0, 0.05) is 5.92 Å². The van der Waals surface area contributed by atoms with E-state index >= 15 is 0 Å². The highest BCUT2D eigenvalue weighted by atomic mass is 28.3. The summed E-state index contributed by atoms with van der Waals surface area (Å²) in [4.78, 5) is 0. The number of rotatable bonds is 5. The molecule has 1 aliphatic carbocycles. The summed E-state index contributed by atoms with van der Waals surface area (Å²) in [6.45, 7) is 10.4. The molecule has 0 amide bonds. The molecule has 0 heterocycles. The number of hydrogen-bond donors (Lipinski definition) is 2. The van der Waals surface area contributed by atoms with E-state index in [1.54, 1.807) is 13.2 Å². The smallest absolute Gasteiger partial charge is 0.161 e. The molecule has 2 rings (SSSR count). The molecule has 5 heteroatoms. The first-order valence-electron chi connectivity index (χ1n) is 8.03. The van der Waals surface area contributed by atoms with Crippen molar-refractivity contribution in [2.75, 3.05) is 7.11 Å². The third kappa shape index (κ3) is 3.90. The molecule has 0 unspecified atom stereocenters. The SMILES string of the molecule is C=C[C@@H]1[C@@H](OCc2ccc(OC)cc2)[C@@H](O)[C@]1(O)C#C[Si](C)(C)C. The fourth-order valence-corrected chi connectivity index (χ4v) is 3.22. The van der Waals surface area contributed by atoms with Gasteiger partial charge >= 0.3 is 0 Å². The van der Waals surface area contributed by atoms with Crippen LogP contribution in [0.5, 0.6) is 5.75 Å². The largest absolute Gasteiger partial charge is 0.497 e. The lowest BCUT2D eigenvalue weighted by molar-refractivity contribution is -0.236. The van der Waals surface area contributed by atoms with Crippen molar-refractivity contribution in [3.8, 4) is 17.2 Å². The van der Waals surface area contributed by atoms with Gasteiger partial charge in [-0.2, -0.15) is 0 Å². The number of benzene rings is 1. The van der Waals surface area contributed by atoms with Gasteiger partial charge in [-0.1, -0.05) is 43.8 Å². The zero-order valence-corrected chi connectivity index (χ0v) is 15.7. The maximum atomic E-state index is 10.7. The Bertz CT molecular complexity index is 638. The maximum absolute atomic E-state index is 10.7. The van der Waals surface area contributed by atoms with E-state index in [0.717, 1.165) is 11.3 Å². The molecular formula is C19H26O4Si. The summed E-state index contributed by atoms with van der Waals surface area (Å²) in [5.41, 5.74) is 2.63. The Kier molecular flexibility index (Phi) is 5.56. The third-order valence-corrected chi connectivity index (χ3v) is 4.99. The fraction of sp³-hybridized carbons (Fsp3) is 0.474. The average molecular weight is 346 g/mol. The highest BCUT2D eigenvalue weighted by Gasteiger charge is 2.60. The molecule has 0 aromatic heterocycles. The van der Waals surface area contributed by atoms with Crippen LogP contribution in [0.3, 0.4) is 0 Å². The number of aliphatic hydroxyl groups excluding tert-OH is 1. The summed E-state index contributed by atoms with van der Waals surface area (Å²) in [5.74, 6) is 3.25. The van der Waals surface area contributed by atoms with Crippen molar-refractivity contribution < 1.29 is 19.7 Å². The molecule has 0 bridgehead atoms. The molecule has 1 aromatic rings. The van der Waals surface area contributed by atoms with Crippen LogP contribution in [0.1, 0.15) is 5.56 Å². The van der Waals surface area contributed by atoms with E-state index in [1.165, 1.54) is 0 Å². The molecule has 1 aliphatic rings. The van der Waals surface area contributed by atoms with Crippen LogP contribution in [0.2, 0.25) is 19.6 Å². The quantitative estimate of drug-likeness (QED) is 0.488. The first kappa shape index (κ1) is 18.8. The van der Waals surface area contributed by atoms with Crippen molar-refractivity contribution in [2.24, 2.45) is 5.92 Å². The molecule has 1 fully saturated rings. The Labute approximate surface area is 145 Å². The second kappa shape index (κ2) is 7.12. The van der Waals surface area contributed by atoms with E-state index in [1.807, 2.05) is 24.3 Å². The van der Waals surface area contributed by atoms with Crippen LogP contribution in [0.4, 0.5) is 0 Å². The highest BCUT2D eigenvalue weighted by molar-refractivity contribution is 6.83. The van der Waals surface area contributed by atoms with Crippen LogP contribution in [0, 0.1) is 17.4 Å². The zero-order valence-electron chi connectivity index (χ0n) is 14.7. The molecule has 4 nitrogen and oxygen atoms in total. The Balaban J connectivity index is 2.03. The Morgan fingerprint density at radius 1 is 1.29 bits per heavy atom. The molecule has 1 aromatic carbocycles. The van der Waals surface area contributed by atoms with Crippen molar-refractivity contribution in [3.05, 3.63) is 42.5 Å². The van der Waals surface area contributed by atoms with E-state index < -0.39 is 31.8 Å². The van der Waals surface area contributed by atoms with Crippen molar-refractivity contribution in [2.45, 2.75) is 44.1 Å². The minimum Gasteiger partial charge on any atom is -0.497 e. The predicted molar refractivity (Wildman–Crippen MR) is 97.3 cm³/mol. The number of aliphatic hydroxyl groups is 2. The Morgan fingerprint density at radius 2 is 1.92 bits per heavy atom. The van der Waals surface area contributed by atoms with E-state index in [-0.39, 0.29) is 0 Å². The lowest BCUT2D eigenvalue weighted by atomic mass is 9.64. The van der Waals surface area contributed by atoms with Gasteiger partial charge < -0.3 is 19.7 Å². The Morgan fingerprint density at radius 3 is 2.42 bits per heavy atom. The molecular weight excluding hydrogens is 320 g/mol. The summed E-state index contributed by atoms with van der Waals surface area (Å²) in [6, 6.07) is 7.53. The second-order valence-electron chi connectivity index (χ2n) is 7.16. The minimum atomic E-state index is -1.64. The van der Waals surface area contributed by atoms with Crippen LogP contribution in [0.15, 0.2) is 36.9 Å². The fourth-order valence-electron chi connectivity index (χ4n) is 2.64. The number of methoxy groups -OCH3 is 1. The summed E-state index contributed by atoms with van der Waals surface area (Å²) < 4.78 is 10.9. The first-order valence-corrected chi connectivity index (χ1v) is 11.5. The van der Waals surface area contributed by atoms with Crippen molar-refractivity contribution in [3.63, 3.8) is 0 Å². The van der Waals surface area contributed by atoms with Crippen LogP contribution < -0.4 is 4.74 Å². The molecule has 2 N–H and O–H groups in total. The molecule has 0 spiro atoms. The molecule has 0 radical (unpaired) electrons. The first-order chi connectivity index (χ1) is 11.2. The van der Waals surface area contributed by atoms with E-state index in [2.05, 4.69) is 37.7 Å². The lowest BCUT2D eigenvalue weighted by Gasteiger charge is -2.51. The van der Waals surface area contributed by atoms with Crippen LogP contribution in [0.25, 0.3) is 0 Å². The van der Waals surface area contributed by atoms with Crippen LogP contribution >= 0.6 is 0 Å². The van der Waals surface area contributed by atoms with Gasteiger partial charge in [0.15, 0.2) is 5.60 Å². The zero-order chi connectivity index (χ0) is 18.0. The normalized spacial score (nSPS) is 29.2. The molecule has 1 saturated carbocycles. The van der Waals surface area contributed by atoms with Gasteiger partial charge in [0.25, 0.3) is 0 Å². The third-order valence-electron chi connectivity index (χ3n) is 4.12. The molecule has 24 heavy (non-hydrogen) atoms. The van der Waals surface area contributed by atoms with Gasteiger partial charge in [0.1, 0.15) is 19.9 Å². The van der Waals surface area contributed by atoms with Crippen molar-refractivity contribution in [1.82, 2.24) is 0 Å².